The van der Waals surface area contributed by atoms with Crippen molar-refractivity contribution in [3.8, 4) is 0 Å². The normalized spacial score (nSPS) is 12.7. The van der Waals surface area contributed by atoms with Crippen molar-refractivity contribution in [3.63, 3.8) is 0 Å². The highest BCUT2D eigenvalue weighted by atomic mass is 16.7. The van der Waals surface area contributed by atoms with E-state index in [1.54, 1.807) is 33.2 Å². The molecule has 0 bridgehead atoms. The number of hydrogen-bond donors (Lipinski definition) is 2. The van der Waals surface area contributed by atoms with E-state index in [2.05, 4.69) is 16.4 Å². The summed E-state index contributed by atoms with van der Waals surface area (Å²) in [5, 5.41) is 4.26. The molecule has 0 saturated carbocycles. The molecule has 1 heterocycles. The lowest BCUT2D eigenvalue weighted by molar-refractivity contribution is -0.144. The lowest BCUT2D eigenvalue weighted by Gasteiger charge is -2.26. The molecule has 6 nitrogen and oxygen atoms in total. The van der Waals surface area contributed by atoms with Crippen molar-refractivity contribution < 1.29 is 14.3 Å². The van der Waals surface area contributed by atoms with Crippen molar-refractivity contribution in [1.82, 2.24) is 15.2 Å². The molecule has 126 valence electrons. The van der Waals surface area contributed by atoms with E-state index in [9.17, 15) is 4.79 Å². The number of ether oxygens (including phenoxy) is 2. The van der Waals surface area contributed by atoms with Crippen LogP contribution in [0.4, 0.5) is 0 Å². The first-order valence-corrected chi connectivity index (χ1v) is 7.63. The van der Waals surface area contributed by atoms with E-state index in [-0.39, 0.29) is 11.9 Å². The van der Waals surface area contributed by atoms with Crippen LogP contribution >= 0.6 is 0 Å². The zero-order valence-corrected chi connectivity index (χ0v) is 14.1. The molecule has 2 N–H and O–H groups in total. The van der Waals surface area contributed by atoms with Gasteiger partial charge in [-0.1, -0.05) is 18.2 Å². The molecule has 1 atom stereocenters. The highest BCUT2D eigenvalue weighted by Crippen LogP contribution is 2.19. The Balaban J connectivity index is 2.08. The van der Waals surface area contributed by atoms with E-state index >= 15 is 0 Å². The average molecular weight is 319 g/mol. The number of benzene rings is 1. The van der Waals surface area contributed by atoms with Crippen LogP contribution in [-0.2, 0) is 20.7 Å². The fraction of sp³-hybridized carbons (Fsp3) is 0.471. The van der Waals surface area contributed by atoms with Crippen LogP contribution in [0, 0.1) is 0 Å². The third kappa shape index (κ3) is 4.10. The first-order chi connectivity index (χ1) is 11.1. The number of H-pyrrole nitrogens is 1. The molecule has 0 aliphatic rings. The highest BCUT2D eigenvalue weighted by Gasteiger charge is 2.23. The Kier molecular flexibility index (Phi) is 6.15. The SMILES string of the molecule is CNC(Cc1c[nH]c2ccccc12)C(=O)N(C)CC(OC)OC. The summed E-state index contributed by atoms with van der Waals surface area (Å²) in [5.41, 5.74) is 2.20. The summed E-state index contributed by atoms with van der Waals surface area (Å²) in [5.74, 6) is 0.0110. The molecule has 1 aromatic heterocycles. The van der Waals surface area contributed by atoms with Crippen LogP contribution in [-0.4, -0.2) is 63.0 Å². The third-order valence-electron chi connectivity index (χ3n) is 4.07. The van der Waals surface area contributed by atoms with Gasteiger partial charge in [-0.3, -0.25) is 4.79 Å². The van der Waals surface area contributed by atoms with Crippen molar-refractivity contribution in [2.75, 3.05) is 34.9 Å². The van der Waals surface area contributed by atoms with Crippen molar-refractivity contribution in [2.45, 2.75) is 18.8 Å². The van der Waals surface area contributed by atoms with Gasteiger partial charge in [-0.25, -0.2) is 0 Å². The van der Waals surface area contributed by atoms with Crippen LogP contribution in [0.3, 0.4) is 0 Å². The minimum Gasteiger partial charge on any atom is -0.361 e. The Labute approximate surface area is 136 Å². The van der Waals surface area contributed by atoms with E-state index in [1.165, 1.54) is 0 Å². The standard InChI is InChI=1S/C17H25N3O3/c1-18-15(17(21)20(2)11-16(22-3)23-4)9-12-10-19-14-8-6-5-7-13(12)14/h5-8,10,15-16,18-19H,9,11H2,1-4H3. The average Bonchev–Trinajstić information content (AvgIpc) is 2.99. The summed E-state index contributed by atoms with van der Waals surface area (Å²) in [4.78, 5) is 17.5. The van der Waals surface area contributed by atoms with Gasteiger partial charge in [-0.2, -0.15) is 0 Å². The van der Waals surface area contributed by atoms with Crippen molar-refractivity contribution in [2.24, 2.45) is 0 Å². The number of hydrogen-bond acceptors (Lipinski definition) is 4. The van der Waals surface area contributed by atoms with Crippen LogP contribution in [0.2, 0.25) is 0 Å². The quantitative estimate of drug-likeness (QED) is 0.721. The second-order valence-corrected chi connectivity index (χ2v) is 5.52. The van der Waals surface area contributed by atoms with Crippen LogP contribution in [0.15, 0.2) is 30.5 Å². The number of nitrogens with zero attached hydrogens (tertiary/aromatic N) is 1. The number of methoxy groups -OCH3 is 2. The molecular weight excluding hydrogens is 294 g/mol. The van der Waals surface area contributed by atoms with E-state index in [0.717, 1.165) is 16.5 Å². The lowest BCUT2D eigenvalue weighted by Crippen LogP contribution is -2.47. The molecule has 0 saturated heterocycles. The molecule has 2 rings (SSSR count). The minimum absolute atomic E-state index is 0.0110. The topological polar surface area (TPSA) is 66.6 Å². The van der Waals surface area contributed by atoms with Gasteiger partial charge in [0.25, 0.3) is 0 Å². The summed E-state index contributed by atoms with van der Waals surface area (Å²) in [6.07, 6.45) is 2.17. The van der Waals surface area contributed by atoms with Gasteiger partial charge in [0, 0.05) is 38.4 Å². The molecule has 1 aromatic carbocycles. The number of rotatable bonds is 8. The smallest absolute Gasteiger partial charge is 0.239 e. The maximum Gasteiger partial charge on any atom is 0.239 e. The highest BCUT2D eigenvalue weighted by molar-refractivity contribution is 5.86. The Morgan fingerprint density at radius 1 is 1.30 bits per heavy atom. The van der Waals surface area contributed by atoms with E-state index in [0.29, 0.717) is 13.0 Å². The molecular formula is C17H25N3O3. The van der Waals surface area contributed by atoms with E-state index in [1.807, 2.05) is 24.4 Å². The number of para-hydroxylation sites is 1. The number of fused-ring (bicyclic) bond motifs is 1. The largest absolute Gasteiger partial charge is 0.361 e. The predicted octanol–water partition coefficient (Wildman–Crippen LogP) is 1.38. The molecule has 0 radical (unpaired) electrons. The molecule has 6 heteroatoms. The predicted molar refractivity (Wildman–Crippen MR) is 90.3 cm³/mol. The van der Waals surface area contributed by atoms with Crippen molar-refractivity contribution in [1.29, 1.82) is 0 Å². The number of amides is 1. The van der Waals surface area contributed by atoms with Crippen LogP contribution in [0.1, 0.15) is 5.56 Å². The fourth-order valence-corrected chi connectivity index (χ4v) is 2.66. The summed E-state index contributed by atoms with van der Waals surface area (Å²) < 4.78 is 10.3. The molecule has 23 heavy (non-hydrogen) atoms. The number of aromatic amines is 1. The van der Waals surface area contributed by atoms with Crippen molar-refractivity contribution in [3.05, 3.63) is 36.0 Å². The monoisotopic (exact) mass is 319 g/mol. The van der Waals surface area contributed by atoms with Gasteiger partial charge in [0.05, 0.1) is 12.6 Å². The lowest BCUT2D eigenvalue weighted by atomic mass is 10.0. The van der Waals surface area contributed by atoms with E-state index in [4.69, 9.17) is 9.47 Å². The first kappa shape index (κ1) is 17.5. The molecule has 0 fully saturated rings. The number of aromatic nitrogens is 1. The van der Waals surface area contributed by atoms with Crippen LogP contribution in [0.5, 0.6) is 0 Å². The second-order valence-electron chi connectivity index (χ2n) is 5.52. The number of nitrogens with one attached hydrogen (secondary N) is 2. The molecule has 1 unspecified atom stereocenters. The Morgan fingerprint density at radius 2 is 2.00 bits per heavy atom. The molecule has 2 aromatic rings. The van der Waals surface area contributed by atoms with Gasteiger partial charge >= 0.3 is 0 Å². The zero-order chi connectivity index (χ0) is 16.8. The van der Waals surface area contributed by atoms with Gasteiger partial charge in [0.1, 0.15) is 0 Å². The number of carbonyl (C=O) groups is 1. The van der Waals surface area contributed by atoms with E-state index < -0.39 is 6.29 Å². The Bertz CT molecular complexity index is 637. The first-order valence-electron chi connectivity index (χ1n) is 7.63. The van der Waals surface area contributed by atoms with Crippen LogP contribution < -0.4 is 5.32 Å². The number of carbonyl (C=O) groups excluding carboxylic acids is 1. The van der Waals surface area contributed by atoms with Crippen LogP contribution in [0.25, 0.3) is 10.9 Å². The summed E-state index contributed by atoms with van der Waals surface area (Å²) in [7, 11) is 6.68. The molecule has 0 aliphatic heterocycles. The second kappa shape index (κ2) is 8.10. The summed E-state index contributed by atoms with van der Waals surface area (Å²) in [6, 6.07) is 7.79. The van der Waals surface area contributed by atoms with Gasteiger partial charge in [0.2, 0.25) is 5.91 Å². The summed E-state index contributed by atoms with van der Waals surface area (Å²) >= 11 is 0. The Morgan fingerprint density at radius 3 is 2.65 bits per heavy atom. The third-order valence-corrected chi connectivity index (χ3v) is 4.07. The van der Waals surface area contributed by atoms with Gasteiger partial charge < -0.3 is 24.7 Å². The molecule has 1 amide bonds. The minimum atomic E-state index is -0.422. The van der Waals surface area contributed by atoms with Crippen molar-refractivity contribution >= 4 is 16.8 Å². The van der Waals surface area contributed by atoms with Gasteiger partial charge in [0.15, 0.2) is 6.29 Å². The zero-order valence-electron chi connectivity index (χ0n) is 14.1. The Hall–Kier alpha value is -1.89. The molecule has 0 aliphatic carbocycles. The molecule has 0 spiro atoms. The maximum absolute atomic E-state index is 12.6. The summed E-state index contributed by atoms with van der Waals surface area (Å²) in [6.45, 7) is 0.387. The maximum atomic E-state index is 12.6. The fourth-order valence-electron chi connectivity index (χ4n) is 2.66. The van der Waals surface area contributed by atoms with Gasteiger partial charge in [-0.05, 0) is 25.1 Å². The van der Waals surface area contributed by atoms with Gasteiger partial charge in [-0.15, -0.1) is 0 Å². The number of likely N-dealkylation sites (N-methyl/N-ethyl adjacent to an activating group) is 2.